The van der Waals surface area contributed by atoms with Crippen molar-refractivity contribution in [3.05, 3.63) is 53.3 Å². The Kier molecular flexibility index (Phi) is 5.19. The third-order valence-corrected chi connectivity index (χ3v) is 4.43. The molecule has 1 aromatic carbocycles. The lowest BCUT2D eigenvalue weighted by Crippen LogP contribution is -2.48. The van der Waals surface area contributed by atoms with Gasteiger partial charge in [0.25, 0.3) is 5.91 Å². The number of halogens is 1. The molecule has 6 nitrogen and oxygen atoms in total. The van der Waals surface area contributed by atoms with Crippen LogP contribution < -0.4 is 10.2 Å². The molecule has 1 N–H and O–H groups in total. The van der Waals surface area contributed by atoms with Crippen LogP contribution in [-0.4, -0.2) is 47.9 Å². The summed E-state index contributed by atoms with van der Waals surface area (Å²) in [6.07, 6.45) is 3.28. The van der Waals surface area contributed by atoms with Gasteiger partial charge in [-0.2, -0.15) is 0 Å². The van der Waals surface area contributed by atoms with Crippen LogP contribution in [0.3, 0.4) is 0 Å². The number of hydrogen-bond acceptors (Lipinski definition) is 4. The summed E-state index contributed by atoms with van der Waals surface area (Å²) in [5.41, 5.74) is 2.04. The van der Waals surface area contributed by atoms with E-state index >= 15 is 0 Å². The van der Waals surface area contributed by atoms with E-state index < -0.39 is 0 Å². The summed E-state index contributed by atoms with van der Waals surface area (Å²) in [5.74, 6) is -0.132. The number of benzene rings is 1. The predicted molar refractivity (Wildman–Crippen MR) is 98.1 cm³/mol. The zero-order valence-electron chi connectivity index (χ0n) is 13.9. The Morgan fingerprint density at radius 2 is 1.76 bits per heavy atom. The molecule has 0 aliphatic carbocycles. The highest BCUT2D eigenvalue weighted by atomic mass is 35.5. The second-order valence-electron chi connectivity index (χ2n) is 5.89. The van der Waals surface area contributed by atoms with Crippen LogP contribution in [0.2, 0.25) is 5.02 Å². The number of pyridine rings is 1. The Balaban J connectivity index is 1.68. The van der Waals surface area contributed by atoms with Crippen molar-refractivity contribution in [1.82, 2.24) is 9.88 Å². The first-order valence-corrected chi connectivity index (χ1v) is 8.43. The van der Waals surface area contributed by atoms with Crippen LogP contribution in [0.25, 0.3) is 0 Å². The van der Waals surface area contributed by atoms with Crippen molar-refractivity contribution in [2.45, 2.75) is 6.92 Å². The molecular weight excluding hydrogens is 340 g/mol. The lowest BCUT2D eigenvalue weighted by atomic mass is 10.2. The summed E-state index contributed by atoms with van der Waals surface area (Å²) in [6.45, 7) is 4.39. The first-order chi connectivity index (χ1) is 12.0. The maximum Gasteiger partial charge on any atom is 0.257 e. The minimum absolute atomic E-state index is 0.0915. The summed E-state index contributed by atoms with van der Waals surface area (Å²) >= 11 is 5.85. The van der Waals surface area contributed by atoms with E-state index in [1.54, 1.807) is 43.6 Å². The van der Waals surface area contributed by atoms with Crippen LogP contribution in [0.4, 0.5) is 11.4 Å². The van der Waals surface area contributed by atoms with Crippen molar-refractivity contribution in [3.63, 3.8) is 0 Å². The Hall–Kier alpha value is -2.60. The minimum atomic E-state index is -0.223. The molecule has 7 heteroatoms. The van der Waals surface area contributed by atoms with Gasteiger partial charge in [0.2, 0.25) is 5.91 Å². The number of amides is 2. The van der Waals surface area contributed by atoms with Gasteiger partial charge in [-0.25, -0.2) is 0 Å². The highest BCUT2D eigenvalue weighted by Gasteiger charge is 2.19. The number of nitrogens with one attached hydrogen (secondary N) is 1. The molecule has 0 unspecified atom stereocenters. The van der Waals surface area contributed by atoms with Crippen molar-refractivity contribution in [1.29, 1.82) is 0 Å². The van der Waals surface area contributed by atoms with Gasteiger partial charge in [-0.05, 0) is 30.3 Å². The molecule has 0 radical (unpaired) electrons. The predicted octanol–water partition coefficient (Wildman–Crippen LogP) is 2.66. The number of carbonyl (C=O) groups is 2. The highest BCUT2D eigenvalue weighted by Crippen LogP contribution is 2.19. The quantitative estimate of drug-likeness (QED) is 0.916. The standard InChI is InChI=1S/C18H19ClN4O2/c1-13(24)22-6-8-23(9-7-22)17-10-14(11-20-12-17)18(25)21-16-4-2-15(19)3-5-16/h2-5,10-12H,6-9H2,1H3,(H,21,25). The fourth-order valence-corrected chi connectivity index (χ4v) is 2.87. The molecule has 2 amide bonds. The molecule has 1 aliphatic heterocycles. The van der Waals surface area contributed by atoms with Gasteiger partial charge >= 0.3 is 0 Å². The molecule has 1 aliphatic rings. The lowest BCUT2D eigenvalue weighted by molar-refractivity contribution is -0.129. The largest absolute Gasteiger partial charge is 0.367 e. The van der Waals surface area contributed by atoms with Crippen LogP contribution in [-0.2, 0) is 4.79 Å². The van der Waals surface area contributed by atoms with Crippen molar-refractivity contribution >= 4 is 34.8 Å². The van der Waals surface area contributed by atoms with Gasteiger partial charge < -0.3 is 15.1 Å². The maximum absolute atomic E-state index is 12.4. The molecule has 2 aromatic rings. The fourth-order valence-electron chi connectivity index (χ4n) is 2.74. The molecule has 2 heterocycles. The highest BCUT2D eigenvalue weighted by molar-refractivity contribution is 6.30. The zero-order valence-corrected chi connectivity index (χ0v) is 14.7. The first kappa shape index (κ1) is 17.2. The minimum Gasteiger partial charge on any atom is -0.367 e. The Bertz CT molecular complexity index is 771. The molecule has 3 rings (SSSR count). The average Bonchev–Trinajstić information content (AvgIpc) is 2.64. The fraction of sp³-hybridized carbons (Fsp3) is 0.278. The molecule has 1 saturated heterocycles. The SMILES string of the molecule is CC(=O)N1CCN(c2cncc(C(=O)Nc3ccc(Cl)cc3)c2)CC1. The number of piperazine rings is 1. The molecule has 0 saturated carbocycles. The molecule has 0 bridgehead atoms. The van der Waals surface area contributed by atoms with E-state index in [9.17, 15) is 9.59 Å². The van der Waals surface area contributed by atoms with Gasteiger partial charge in [0.1, 0.15) is 0 Å². The first-order valence-electron chi connectivity index (χ1n) is 8.05. The second-order valence-corrected chi connectivity index (χ2v) is 6.32. The van der Waals surface area contributed by atoms with E-state index in [1.807, 2.05) is 11.0 Å². The van der Waals surface area contributed by atoms with Crippen LogP contribution in [0.5, 0.6) is 0 Å². The van der Waals surface area contributed by atoms with Gasteiger partial charge in [-0.3, -0.25) is 14.6 Å². The van der Waals surface area contributed by atoms with E-state index in [2.05, 4.69) is 15.2 Å². The average molecular weight is 359 g/mol. The summed E-state index contributed by atoms with van der Waals surface area (Å²) in [7, 11) is 0. The number of aromatic nitrogens is 1. The molecule has 25 heavy (non-hydrogen) atoms. The lowest BCUT2D eigenvalue weighted by Gasteiger charge is -2.35. The third kappa shape index (κ3) is 4.28. The molecular formula is C18H19ClN4O2. The number of carbonyl (C=O) groups excluding carboxylic acids is 2. The van der Waals surface area contributed by atoms with E-state index in [0.29, 0.717) is 29.4 Å². The molecule has 1 aromatic heterocycles. The van der Waals surface area contributed by atoms with Crippen LogP contribution in [0.1, 0.15) is 17.3 Å². The van der Waals surface area contributed by atoms with E-state index in [4.69, 9.17) is 11.6 Å². The monoisotopic (exact) mass is 358 g/mol. The number of nitrogens with zero attached hydrogens (tertiary/aromatic N) is 3. The maximum atomic E-state index is 12.4. The third-order valence-electron chi connectivity index (χ3n) is 4.18. The number of anilines is 2. The molecule has 0 atom stereocenters. The topological polar surface area (TPSA) is 65.5 Å². The zero-order chi connectivity index (χ0) is 17.8. The van der Waals surface area contributed by atoms with E-state index in [0.717, 1.165) is 18.8 Å². The van der Waals surface area contributed by atoms with E-state index in [-0.39, 0.29) is 11.8 Å². The summed E-state index contributed by atoms with van der Waals surface area (Å²) in [6, 6.07) is 8.76. The summed E-state index contributed by atoms with van der Waals surface area (Å²) in [4.78, 5) is 32.0. The smallest absolute Gasteiger partial charge is 0.257 e. The summed E-state index contributed by atoms with van der Waals surface area (Å²) < 4.78 is 0. The van der Waals surface area contributed by atoms with Gasteiger partial charge in [0, 0.05) is 50.0 Å². The Morgan fingerprint density at radius 3 is 2.40 bits per heavy atom. The van der Waals surface area contributed by atoms with Crippen LogP contribution >= 0.6 is 11.6 Å². The van der Waals surface area contributed by atoms with Gasteiger partial charge in [-0.15, -0.1) is 0 Å². The Labute approximate surface area is 151 Å². The van der Waals surface area contributed by atoms with Crippen molar-refractivity contribution in [2.24, 2.45) is 0 Å². The Morgan fingerprint density at radius 1 is 1.08 bits per heavy atom. The molecule has 130 valence electrons. The van der Waals surface area contributed by atoms with E-state index in [1.165, 1.54) is 0 Å². The van der Waals surface area contributed by atoms with Crippen LogP contribution in [0, 0.1) is 0 Å². The van der Waals surface area contributed by atoms with Crippen molar-refractivity contribution in [2.75, 3.05) is 36.4 Å². The van der Waals surface area contributed by atoms with Gasteiger partial charge in [0.15, 0.2) is 0 Å². The number of rotatable bonds is 3. The van der Waals surface area contributed by atoms with Crippen molar-refractivity contribution in [3.8, 4) is 0 Å². The van der Waals surface area contributed by atoms with Crippen LogP contribution in [0.15, 0.2) is 42.7 Å². The summed E-state index contributed by atoms with van der Waals surface area (Å²) in [5, 5.41) is 3.45. The number of hydrogen-bond donors (Lipinski definition) is 1. The second kappa shape index (κ2) is 7.53. The van der Waals surface area contributed by atoms with Gasteiger partial charge in [-0.1, -0.05) is 11.6 Å². The normalized spacial score (nSPS) is 14.3. The molecule has 0 spiro atoms. The molecule has 1 fully saturated rings. The van der Waals surface area contributed by atoms with Gasteiger partial charge in [0.05, 0.1) is 17.4 Å². The van der Waals surface area contributed by atoms with Crippen molar-refractivity contribution < 1.29 is 9.59 Å².